The van der Waals surface area contributed by atoms with Crippen LogP contribution in [0, 0.1) is 6.92 Å². The molecule has 0 N–H and O–H groups in total. The number of ether oxygens (including phenoxy) is 1. The zero-order chi connectivity index (χ0) is 26.5. The lowest BCUT2D eigenvalue weighted by molar-refractivity contribution is 0.0651. The van der Waals surface area contributed by atoms with Crippen LogP contribution in [0.5, 0.6) is 11.5 Å². The standard InChI is InChI=1S/C32H28N2O4/c1-23-13-17-25(18-14-23)33(21-7-8-22-34-31(36)28-11-5-6-12-29(28)32(34)37)30(35)24-15-19-27(20-16-24)38-26-9-3-2-4-10-26/h2-6,9-20H,7-8,21-22H2,1H3. The highest BCUT2D eigenvalue weighted by atomic mass is 16.5. The van der Waals surface area contributed by atoms with E-state index in [1.165, 1.54) is 4.90 Å². The van der Waals surface area contributed by atoms with E-state index in [1.54, 1.807) is 53.4 Å². The van der Waals surface area contributed by atoms with Crippen LogP contribution < -0.4 is 9.64 Å². The van der Waals surface area contributed by atoms with Gasteiger partial charge in [-0.1, -0.05) is 48.0 Å². The average molecular weight is 505 g/mol. The smallest absolute Gasteiger partial charge is 0.261 e. The normalized spacial score (nSPS) is 12.4. The van der Waals surface area contributed by atoms with Gasteiger partial charge in [0.25, 0.3) is 17.7 Å². The number of amides is 3. The van der Waals surface area contributed by atoms with Crippen molar-refractivity contribution in [1.82, 2.24) is 4.90 Å². The first-order chi connectivity index (χ1) is 18.5. The van der Waals surface area contributed by atoms with Crippen LogP contribution in [-0.4, -0.2) is 35.7 Å². The Morgan fingerprint density at radius 2 is 1.29 bits per heavy atom. The molecule has 0 aromatic heterocycles. The first kappa shape index (κ1) is 25.0. The fourth-order valence-electron chi connectivity index (χ4n) is 4.50. The number of nitrogens with zero attached hydrogens (tertiary/aromatic N) is 2. The highest BCUT2D eigenvalue weighted by Crippen LogP contribution is 2.25. The third-order valence-electron chi connectivity index (χ3n) is 6.56. The molecule has 5 rings (SSSR count). The maximum atomic E-state index is 13.6. The third kappa shape index (κ3) is 5.34. The summed E-state index contributed by atoms with van der Waals surface area (Å²) in [6.45, 7) is 2.77. The van der Waals surface area contributed by atoms with Crippen molar-refractivity contribution in [2.75, 3.05) is 18.0 Å². The highest BCUT2D eigenvalue weighted by Gasteiger charge is 2.34. The molecule has 0 bridgehead atoms. The number of benzene rings is 4. The number of carbonyl (C=O) groups excluding carboxylic acids is 3. The molecule has 4 aromatic carbocycles. The second-order valence-electron chi connectivity index (χ2n) is 9.25. The molecule has 0 spiro atoms. The van der Waals surface area contributed by atoms with E-state index >= 15 is 0 Å². The molecule has 0 atom stereocenters. The lowest BCUT2D eigenvalue weighted by atomic mass is 10.1. The summed E-state index contributed by atoms with van der Waals surface area (Å²) in [5.74, 6) is 0.743. The van der Waals surface area contributed by atoms with Gasteiger partial charge in [-0.25, -0.2) is 0 Å². The van der Waals surface area contributed by atoms with Crippen molar-refractivity contribution in [3.8, 4) is 11.5 Å². The summed E-state index contributed by atoms with van der Waals surface area (Å²) in [4.78, 5) is 41.9. The van der Waals surface area contributed by atoms with Gasteiger partial charge in [-0.3, -0.25) is 19.3 Å². The Hall–Kier alpha value is -4.71. The lowest BCUT2D eigenvalue weighted by Gasteiger charge is -2.24. The van der Waals surface area contributed by atoms with Gasteiger partial charge in [-0.15, -0.1) is 0 Å². The van der Waals surface area contributed by atoms with Crippen LogP contribution in [0.25, 0.3) is 0 Å². The summed E-state index contributed by atoms with van der Waals surface area (Å²) in [5, 5.41) is 0. The summed E-state index contributed by atoms with van der Waals surface area (Å²) in [6.07, 6.45) is 1.22. The topological polar surface area (TPSA) is 66.9 Å². The number of unbranched alkanes of at least 4 members (excludes halogenated alkanes) is 1. The van der Waals surface area contributed by atoms with Crippen LogP contribution in [0.2, 0.25) is 0 Å². The minimum Gasteiger partial charge on any atom is -0.457 e. The van der Waals surface area contributed by atoms with Gasteiger partial charge in [0, 0.05) is 24.3 Å². The summed E-state index contributed by atoms with van der Waals surface area (Å²) in [5.41, 5.74) is 3.36. The number of rotatable bonds is 9. The van der Waals surface area contributed by atoms with Crippen molar-refractivity contribution in [2.24, 2.45) is 0 Å². The Morgan fingerprint density at radius 1 is 0.711 bits per heavy atom. The van der Waals surface area contributed by atoms with Gasteiger partial charge in [0.05, 0.1) is 11.1 Å². The van der Waals surface area contributed by atoms with Crippen molar-refractivity contribution in [3.63, 3.8) is 0 Å². The number of para-hydroxylation sites is 1. The van der Waals surface area contributed by atoms with E-state index < -0.39 is 0 Å². The second kappa shape index (κ2) is 11.1. The predicted molar refractivity (Wildman–Crippen MR) is 147 cm³/mol. The molecule has 0 fully saturated rings. The van der Waals surface area contributed by atoms with Gasteiger partial charge in [0.2, 0.25) is 0 Å². The van der Waals surface area contributed by atoms with Crippen LogP contribution in [-0.2, 0) is 0 Å². The Morgan fingerprint density at radius 3 is 1.92 bits per heavy atom. The molecule has 0 unspecified atom stereocenters. The van der Waals surface area contributed by atoms with Crippen molar-refractivity contribution in [3.05, 3.63) is 125 Å². The average Bonchev–Trinajstić information content (AvgIpc) is 3.19. The maximum Gasteiger partial charge on any atom is 0.261 e. The molecule has 4 aromatic rings. The Labute approximate surface area is 222 Å². The molecule has 1 heterocycles. The molecule has 1 aliphatic rings. The highest BCUT2D eigenvalue weighted by molar-refractivity contribution is 6.21. The molecule has 6 nitrogen and oxygen atoms in total. The molecule has 6 heteroatoms. The quantitative estimate of drug-likeness (QED) is 0.192. The summed E-state index contributed by atoms with van der Waals surface area (Å²) >= 11 is 0. The molecular weight excluding hydrogens is 476 g/mol. The maximum absolute atomic E-state index is 13.6. The molecule has 0 aliphatic carbocycles. The fourth-order valence-corrected chi connectivity index (χ4v) is 4.50. The zero-order valence-corrected chi connectivity index (χ0v) is 21.2. The van der Waals surface area contributed by atoms with Crippen molar-refractivity contribution in [2.45, 2.75) is 19.8 Å². The van der Waals surface area contributed by atoms with Gasteiger partial charge in [0.15, 0.2) is 0 Å². The predicted octanol–water partition coefficient (Wildman–Crippen LogP) is 6.51. The van der Waals surface area contributed by atoms with Crippen LogP contribution in [0.15, 0.2) is 103 Å². The van der Waals surface area contributed by atoms with E-state index in [0.717, 1.165) is 17.0 Å². The number of fused-ring (bicyclic) bond motifs is 1. The lowest BCUT2D eigenvalue weighted by Crippen LogP contribution is -2.34. The van der Waals surface area contributed by atoms with Gasteiger partial charge in [-0.05, 0) is 80.4 Å². The largest absolute Gasteiger partial charge is 0.457 e. The van der Waals surface area contributed by atoms with E-state index in [2.05, 4.69) is 0 Å². The molecule has 0 saturated carbocycles. The minimum atomic E-state index is -0.255. The Kier molecular flexibility index (Phi) is 7.31. The van der Waals surface area contributed by atoms with E-state index in [1.807, 2.05) is 61.5 Å². The van der Waals surface area contributed by atoms with Crippen LogP contribution >= 0.6 is 0 Å². The third-order valence-corrected chi connectivity index (χ3v) is 6.56. The number of imide groups is 1. The van der Waals surface area contributed by atoms with E-state index in [-0.39, 0.29) is 17.7 Å². The number of aryl methyl sites for hydroxylation is 1. The first-order valence-corrected chi connectivity index (χ1v) is 12.7. The summed E-state index contributed by atoms with van der Waals surface area (Å²) in [7, 11) is 0. The number of hydrogen-bond donors (Lipinski definition) is 0. The van der Waals surface area contributed by atoms with Crippen LogP contribution in [0.1, 0.15) is 49.5 Å². The zero-order valence-electron chi connectivity index (χ0n) is 21.2. The van der Waals surface area contributed by atoms with Gasteiger partial charge < -0.3 is 9.64 Å². The van der Waals surface area contributed by atoms with E-state index in [0.29, 0.717) is 48.4 Å². The van der Waals surface area contributed by atoms with Crippen molar-refractivity contribution in [1.29, 1.82) is 0 Å². The molecule has 0 saturated heterocycles. The number of hydrogen-bond acceptors (Lipinski definition) is 4. The van der Waals surface area contributed by atoms with E-state index in [4.69, 9.17) is 4.74 Å². The summed E-state index contributed by atoms with van der Waals surface area (Å²) in [6, 6.07) is 31.3. The molecule has 38 heavy (non-hydrogen) atoms. The van der Waals surface area contributed by atoms with Gasteiger partial charge in [0.1, 0.15) is 11.5 Å². The fraction of sp³-hybridized carbons (Fsp3) is 0.156. The van der Waals surface area contributed by atoms with Gasteiger partial charge in [-0.2, -0.15) is 0 Å². The molecule has 0 radical (unpaired) electrons. The Bertz CT molecular complexity index is 1410. The number of carbonyl (C=O) groups is 3. The molecular formula is C32H28N2O4. The van der Waals surface area contributed by atoms with Crippen LogP contribution in [0.3, 0.4) is 0 Å². The molecule has 190 valence electrons. The van der Waals surface area contributed by atoms with Crippen molar-refractivity contribution >= 4 is 23.4 Å². The summed E-state index contributed by atoms with van der Waals surface area (Å²) < 4.78 is 5.86. The Balaban J connectivity index is 1.25. The molecule has 3 amide bonds. The van der Waals surface area contributed by atoms with E-state index in [9.17, 15) is 14.4 Å². The minimum absolute atomic E-state index is 0.124. The van der Waals surface area contributed by atoms with Gasteiger partial charge >= 0.3 is 0 Å². The monoisotopic (exact) mass is 504 g/mol. The SMILES string of the molecule is Cc1ccc(N(CCCCN2C(=O)c3ccccc3C2=O)C(=O)c2ccc(Oc3ccccc3)cc2)cc1. The van der Waals surface area contributed by atoms with Crippen LogP contribution in [0.4, 0.5) is 5.69 Å². The second-order valence-corrected chi connectivity index (χ2v) is 9.25. The molecule has 1 aliphatic heterocycles. The first-order valence-electron chi connectivity index (χ1n) is 12.7. The van der Waals surface area contributed by atoms with Crippen molar-refractivity contribution < 1.29 is 19.1 Å². The number of anilines is 1.